The summed E-state index contributed by atoms with van der Waals surface area (Å²) >= 11 is 0. The van der Waals surface area contributed by atoms with Gasteiger partial charge in [0.1, 0.15) is 6.61 Å². The fourth-order valence-electron chi connectivity index (χ4n) is 2.06. The molecule has 1 aromatic carbocycles. The van der Waals surface area contributed by atoms with Gasteiger partial charge in [-0.2, -0.15) is 48.4 Å². The standard InChI is InChI=1S/C14H15F6O.CF4.CH2F2O.2CH2F2.8CH4.Y/c1-3-11(10-7-5-4-6-8-10)14(20,12(2,15)16)21-9-13(17,18)19;2-1(3,4)5;2-1-4-3;2*2-1-3;;;;;;;;;/h5-8,11H,3,9H2,1-2H3;;1H2;2*1H2;8*1H4;/q-1;;;;;;;;;;;;;. The predicted octanol–water partition coefficient (Wildman–Crippen LogP) is 14.0. The summed E-state index contributed by atoms with van der Waals surface area (Å²) in [5, 5.41) is 0. The van der Waals surface area contributed by atoms with Gasteiger partial charge >= 0.3 is 18.5 Å². The first-order valence-corrected chi connectivity index (χ1v) is 8.78. The zero-order valence-corrected chi connectivity index (χ0v) is 21.7. The van der Waals surface area contributed by atoms with E-state index < -0.39 is 57.6 Å². The van der Waals surface area contributed by atoms with Crippen LogP contribution >= 0.6 is 0 Å². The van der Waals surface area contributed by atoms with E-state index in [-0.39, 0.29) is 111 Å². The summed E-state index contributed by atoms with van der Waals surface area (Å²) < 4.78 is 180. The average molecular weight is 791 g/mol. The number of hydrogen-bond acceptors (Lipinski definition) is 2. The van der Waals surface area contributed by atoms with Crippen LogP contribution in [0.3, 0.4) is 0 Å². The molecule has 2 unspecified atom stereocenters. The van der Waals surface area contributed by atoms with Crippen LogP contribution in [-0.2, 0) is 42.4 Å². The van der Waals surface area contributed by atoms with Gasteiger partial charge in [0, 0.05) is 45.6 Å². The van der Waals surface area contributed by atoms with Crippen molar-refractivity contribution in [2.75, 3.05) is 27.3 Å². The minimum Gasteiger partial charge on any atom is -0.331 e. The molecule has 1 radical (unpaired) electrons. The van der Waals surface area contributed by atoms with Crippen molar-refractivity contribution in [3.05, 3.63) is 35.9 Å². The third-order valence-corrected chi connectivity index (χ3v) is 3.09. The van der Waals surface area contributed by atoms with Gasteiger partial charge in [-0.15, -0.1) is 23.1 Å². The van der Waals surface area contributed by atoms with Crippen LogP contribution in [0.2, 0.25) is 0 Å². The van der Waals surface area contributed by atoms with Crippen molar-refractivity contribution in [3.63, 3.8) is 0 Å². The molecule has 0 aliphatic rings. The maximum absolute atomic E-state index is 14.7. The van der Waals surface area contributed by atoms with E-state index >= 15 is 0 Å². The minimum absolute atomic E-state index is 0. The van der Waals surface area contributed by atoms with Gasteiger partial charge in [-0.25, -0.2) is 35.1 Å². The summed E-state index contributed by atoms with van der Waals surface area (Å²) in [6.07, 6.45) is -10.5. The van der Waals surface area contributed by atoms with Crippen LogP contribution in [0.1, 0.15) is 91.2 Å². The van der Waals surface area contributed by atoms with Crippen molar-refractivity contribution in [2.24, 2.45) is 0 Å². The van der Waals surface area contributed by atoms with Crippen molar-refractivity contribution in [2.45, 2.75) is 110 Å². The quantitative estimate of drug-likeness (QED) is 0.202. The van der Waals surface area contributed by atoms with Crippen LogP contribution in [0.4, 0.5) is 70.4 Å². The summed E-state index contributed by atoms with van der Waals surface area (Å²) in [4.78, 5) is 2.38. The monoisotopic (exact) mass is 790 g/mol. The molecule has 0 spiro atoms. The summed E-state index contributed by atoms with van der Waals surface area (Å²) in [5.74, 6) is -9.38. The van der Waals surface area contributed by atoms with E-state index in [4.69, 9.17) is 0 Å². The molecular formula is C26H53F16O2Y-. The van der Waals surface area contributed by atoms with Crippen LogP contribution in [0.5, 0.6) is 0 Å². The Morgan fingerprint density at radius 1 is 0.689 bits per heavy atom. The van der Waals surface area contributed by atoms with E-state index in [9.17, 15) is 70.4 Å². The fraction of sp³-hybridized carbons (Fsp3) is 0.769. The van der Waals surface area contributed by atoms with Crippen molar-refractivity contribution < 1.29 is 113 Å². The van der Waals surface area contributed by atoms with E-state index in [1.165, 1.54) is 31.2 Å². The van der Waals surface area contributed by atoms with Crippen molar-refractivity contribution >= 4 is 0 Å². The first-order valence-electron chi connectivity index (χ1n) is 8.78. The number of ether oxygens (including phenoxy) is 1. The van der Waals surface area contributed by atoms with Gasteiger partial charge in [0.15, 0.2) is 0 Å². The predicted molar refractivity (Wildman–Crippen MR) is 148 cm³/mol. The molecule has 2 atom stereocenters. The zero-order valence-electron chi connectivity index (χ0n) is 18.9. The van der Waals surface area contributed by atoms with E-state index in [0.717, 1.165) is 0 Å². The molecule has 0 aliphatic heterocycles. The van der Waals surface area contributed by atoms with Gasteiger partial charge in [-0.1, -0.05) is 66.3 Å². The Hall–Kier alpha value is -0.876. The van der Waals surface area contributed by atoms with Gasteiger partial charge in [-0.3, -0.25) is 0 Å². The van der Waals surface area contributed by atoms with Crippen molar-refractivity contribution in [3.8, 4) is 0 Å². The molecule has 0 aromatic heterocycles. The Kier molecular flexibility index (Phi) is 85.2. The molecule has 0 bridgehead atoms. The molecule has 285 valence electrons. The Morgan fingerprint density at radius 2 is 0.956 bits per heavy atom. The molecular weight excluding hydrogens is 737 g/mol. The first-order chi connectivity index (χ1) is 16.3. The molecule has 0 N–H and O–H groups in total. The molecule has 45 heavy (non-hydrogen) atoms. The summed E-state index contributed by atoms with van der Waals surface area (Å²) in [6.45, 7) is -5.32. The normalized spacial score (nSPS) is 10.9. The summed E-state index contributed by atoms with van der Waals surface area (Å²) in [7, 11) is 0. The molecule has 0 saturated carbocycles. The van der Waals surface area contributed by atoms with Crippen LogP contribution in [-0.4, -0.2) is 51.7 Å². The SMILES string of the molecule is C.C.C.C.C.C.C.C.CCC(c1cc[c-]cc1)C(F)(OCC(F)(F)F)C(C)(F)F.FC(F)(F)F.FCF.FCF.FCOF.[Y]. The molecule has 19 heteroatoms. The van der Waals surface area contributed by atoms with Crippen molar-refractivity contribution in [1.29, 1.82) is 0 Å². The van der Waals surface area contributed by atoms with Crippen LogP contribution in [0.25, 0.3) is 0 Å². The van der Waals surface area contributed by atoms with Gasteiger partial charge in [-0.05, 0) is 10.9 Å². The zero-order chi connectivity index (χ0) is 29.6. The maximum atomic E-state index is 14.7. The Balaban J connectivity index is -0.0000000333. The number of hydrogen-bond donors (Lipinski definition) is 0. The molecule has 0 saturated heterocycles. The minimum atomic E-state index is -5.50. The largest absolute Gasteiger partial charge is 0.559 e. The van der Waals surface area contributed by atoms with Gasteiger partial charge in [0.2, 0.25) is 20.7 Å². The van der Waals surface area contributed by atoms with Gasteiger partial charge in [0.25, 0.3) is 5.85 Å². The Bertz CT molecular complexity index is 595. The third-order valence-electron chi connectivity index (χ3n) is 3.09. The molecule has 0 fully saturated rings. The van der Waals surface area contributed by atoms with E-state index in [0.29, 0.717) is 0 Å². The first kappa shape index (κ1) is 84.7. The maximum Gasteiger partial charge on any atom is 0.559 e. The van der Waals surface area contributed by atoms with E-state index in [2.05, 4.69) is 15.7 Å². The Labute approximate surface area is 285 Å². The second kappa shape index (κ2) is 45.2. The topological polar surface area (TPSA) is 18.5 Å². The molecule has 0 amide bonds. The van der Waals surface area contributed by atoms with E-state index in [1.54, 1.807) is 0 Å². The number of alkyl halides is 15. The van der Waals surface area contributed by atoms with Crippen LogP contribution in [0, 0.1) is 6.07 Å². The van der Waals surface area contributed by atoms with Crippen molar-refractivity contribution in [1.82, 2.24) is 0 Å². The number of benzene rings is 1. The molecule has 0 heterocycles. The number of halogens is 16. The van der Waals surface area contributed by atoms with Gasteiger partial charge in [0.05, 0.1) is 0 Å². The average Bonchev–Trinajstić information content (AvgIpc) is 2.72. The molecule has 0 aliphatic carbocycles. The summed E-state index contributed by atoms with van der Waals surface area (Å²) in [5.41, 5.74) is 0.127. The third kappa shape index (κ3) is 55.9. The van der Waals surface area contributed by atoms with Crippen LogP contribution in [0.15, 0.2) is 24.3 Å². The van der Waals surface area contributed by atoms with Crippen LogP contribution < -0.4 is 0 Å². The number of rotatable bonds is 7. The molecule has 1 aromatic rings. The summed E-state index contributed by atoms with van der Waals surface area (Å²) in [6, 6.07) is 8.02. The molecule has 1 rings (SSSR count). The smallest absolute Gasteiger partial charge is 0.331 e. The second-order valence-corrected chi connectivity index (χ2v) is 5.58. The van der Waals surface area contributed by atoms with Gasteiger partial charge < -0.3 is 4.74 Å². The second-order valence-electron chi connectivity index (χ2n) is 5.58. The Morgan fingerprint density at radius 3 is 1.13 bits per heavy atom. The van der Waals surface area contributed by atoms with E-state index in [1.807, 2.05) is 0 Å². The molecule has 2 nitrogen and oxygen atoms in total. The fourth-order valence-corrected chi connectivity index (χ4v) is 2.06.